The molecule has 3 unspecified atom stereocenters. The zero-order chi connectivity index (χ0) is 12.8. The maximum absolute atomic E-state index is 11.9. The van der Waals surface area contributed by atoms with E-state index in [-0.39, 0.29) is 30.5 Å². The minimum absolute atomic E-state index is 0.0743. The largest absolute Gasteiger partial charge is 0.396 e. The van der Waals surface area contributed by atoms with Crippen molar-refractivity contribution in [1.82, 2.24) is 5.32 Å². The summed E-state index contributed by atoms with van der Waals surface area (Å²) < 4.78 is 5.42. The first-order valence-electron chi connectivity index (χ1n) is 6.54. The van der Waals surface area contributed by atoms with Gasteiger partial charge in [-0.2, -0.15) is 0 Å². The van der Waals surface area contributed by atoms with E-state index in [4.69, 9.17) is 4.74 Å². The van der Waals surface area contributed by atoms with E-state index >= 15 is 0 Å². The van der Waals surface area contributed by atoms with Crippen molar-refractivity contribution in [2.24, 2.45) is 17.8 Å². The lowest BCUT2D eigenvalue weighted by atomic mass is 9.93. The number of carbonyl (C=O) groups excluding carboxylic acids is 1. The lowest BCUT2D eigenvalue weighted by Crippen LogP contribution is -2.40. The summed E-state index contributed by atoms with van der Waals surface area (Å²) in [5.41, 5.74) is 0. The predicted molar refractivity (Wildman–Crippen MR) is 66.6 cm³/mol. The third-order valence-corrected chi connectivity index (χ3v) is 3.57. The molecule has 100 valence electrons. The fourth-order valence-corrected chi connectivity index (χ4v) is 2.12. The van der Waals surface area contributed by atoms with E-state index in [1.54, 1.807) is 0 Å². The van der Waals surface area contributed by atoms with Crippen LogP contribution in [0.3, 0.4) is 0 Å². The Kier molecular flexibility index (Phi) is 5.92. The van der Waals surface area contributed by atoms with Crippen molar-refractivity contribution in [3.63, 3.8) is 0 Å². The van der Waals surface area contributed by atoms with Gasteiger partial charge < -0.3 is 15.2 Å². The highest BCUT2D eigenvalue weighted by Gasteiger charge is 2.26. The third kappa shape index (κ3) is 4.64. The van der Waals surface area contributed by atoms with Crippen molar-refractivity contribution < 1.29 is 14.6 Å². The number of aliphatic hydroxyl groups excluding tert-OH is 1. The molecule has 1 rings (SSSR count). The fraction of sp³-hybridized carbons (Fsp3) is 0.923. The van der Waals surface area contributed by atoms with Crippen LogP contribution in [0.5, 0.6) is 0 Å². The molecular formula is C13H25NO3. The Labute approximate surface area is 104 Å². The third-order valence-electron chi connectivity index (χ3n) is 3.57. The van der Waals surface area contributed by atoms with Crippen molar-refractivity contribution in [3.05, 3.63) is 0 Å². The minimum Gasteiger partial charge on any atom is -0.396 e. The van der Waals surface area contributed by atoms with E-state index in [1.807, 2.05) is 6.92 Å². The Morgan fingerprint density at radius 2 is 2.24 bits per heavy atom. The summed E-state index contributed by atoms with van der Waals surface area (Å²) in [6.07, 6.45) is 1.79. The standard InChI is InChI=1S/C13H25NO3/c1-9(2)12(8-15)7-14-13(16)11-4-5-17-10(3)6-11/h9-12,15H,4-8H2,1-3H3,(H,14,16). The Bertz CT molecular complexity index is 243. The van der Waals surface area contributed by atoms with Gasteiger partial charge in [-0.05, 0) is 25.7 Å². The van der Waals surface area contributed by atoms with Crippen molar-refractivity contribution in [2.45, 2.75) is 39.7 Å². The predicted octanol–water partition coefficient (Wildman–Crippen LogP) is 1.18. The van der Waals surface area contributed by atoms with Gasteiger partial charge in [0.2, 0.25) is 5.91 Å². The lowest BCUT2D eigenvalue weighted by Gasteiger charge is -2.27. The average molecular weight is 243 g/mol. The van der Waals surface area contributed by atoms with Crippen LogP contribution >= 0.6 is 0 Å². The van der Waals surface area contributed by atoms with Crippen LogP contribution in [0.15, 0.2) is 0 Å². The summed E-state index contributed by atoms with van der Waals surface area (Å²) in [5, 5.41) is 12.1. The number of ether oxygens (including phenoxy) is 1. The minimum atomic E-state index is 0.0743. The first-order valence-corrected chi connectivity index (χ1v) is 6.54. The Hall–Kier alpha value is -0.610. The summed E-state index contributed by atoms with van der Waals surface area (Å²) in [6.45, 7) is 7.49. The fourth-order valence-electron chi connectivity index (χ4n) is 2.12. The van der Waals surface area contributed by atoms with E-state index in [9.17, 15) is 9.90 Å². The van der Waals surface area contributed by atoms with E-state index in [0.717, 1.165) is 12.8 Å². The first kappa shape index (κ1) is 14.5. The Balaban J connectivity index is 2.33. The molecule has 0 aromatic carbocycles. The van der Waals surface area contributed by atoms with Crippen LogP contribution in [-0.4, -0.2) is 36.9 Å². The summed E-state index contributed by atoms with van der Waals surface area (Å²) in [6, 6.07) is 0. The molecule has 17 heavy (non-hydrogen) atoms. The topological polar surface area (TPSA) is 58.6 Å². The van der Waals surface area contributed by atoms with Crippen molar-refractivity contribution in [2.75, 3.05) is 19.8 Å². The van der Waals surface area contributed by atoms with E-state index < -0.39 is 0 Å². The maximum atomic E-state index is 11.9. The molecule has 0 aromatic rings. The number of nitrogens with one attached hydrogen (secondary N) is 1. The normalized spacial score (nSPS) is 26.9. The molecule has 3 atom stereocenters. The molecule has 0 aromatic heterocycles. The molecule has 0 spiro atoms. The SMILES string of the molecule is CC1CC(C(=O)NCC(CO)C(C)C)CCO1. The van der Waals surface area contributed by atoms with Gasteiger partial charge in [0.15, 0.2) is 0 Å². The first-order chi connectivity index (χ1) is 8.04. The number of aliphatic hydroxyl groups is 1. The second-order valence-corrected chi connectivity index (χ2v) is 5.33. The molecule has 1 amide bonds. The van der Waals surface area contributed by atoms with Crippen LogP contribution < -0.4 is 5.32 Å². The highest BCUT2D eigenvalue weighted by molar-refractivity contribution is 5.78. The molecule has 1 aliphatic rings. The number of hydrogen-bond donors (Lipinski definition) is 2. The van der Waals surface area contributed by atoms with Gasteiger partial charge in [0.25, 0.3) is 0 Å². The van der Waals surface area contributed by atoms with Crippen LogP contribution in [0, 0.1) is 17.8 Å². The Morgan fingerprint density at radius 3 is 2.76 bits per heavy atom. The average Bonchev–Trinajstić information content (AvgIpc) is 2.29. The molecule has 0 bridgehead atoms. The number of amides is 1. The van der Waals surface area contributed by atoms with E-state index in [1.165, 1.54) is 0 Å². The van der Waals surface area contributed by atoms with Gasteiger partial charge in [0.1, 0.15) is 0 Å². The molecule has 0 saturated carbocycles. The van der Waals surface area contributed by atoms with Gasteiger partial charge in [0, 0.05) is 31.6 Å². The zero-order valence-corrected chi connectivity index (χ0v) is 11.1. The second-order valence-electron chi connectivity index (χ2n) is 5.33. The van der Waals surface area contributed by atoms with Gasteiger partial charge in [-0.1, -0.05) is 13.8 Å². The molecule has 0 radical (unpaired) electrons. The molecule has 1 saturated heterocycles. The molecule has 1 aliphatic heterocycles. The van der Waals surface area contributed by atoms with Crippen molar-refractivity contribution in [3.8, 4) is 0 Å². The second kappa shape index (κ2) is 6.97. The lowest BCUT2D eigenvalue weighted by molar-refractivity contribution is -0.129. The Morgan fingerprint density at radius 1 is 1.53 bits per heavy atom. The number of rotatable bonds is 5. The molecule has 4 heteroatoms. The maximum Gasteiger partial charge on any atom is 0.223 e. The summed E-state index contributed by atoms with van der Waals surface area (Å²) in [4.78, 5) is 11.9. The molecule has 4 nitrogen and oxygen atoms in total. The van der Waals surface area contributed by atoms with Gasteiger partial charge in [-0.3, -0.25) is 4.79 Å². The summed E-state index contributed by atoms with van der Waals surface area (Å²) >= 11 is 0. The van der Waals surface area contributed by atoms with Crippen LogP contribution in [-0.2, 0) is 9.53 Å². The van der Waals surface area contributed by atoms with Gasteiger partial charge in [-0.25, -0.2) is 0 Å². The van der Waals surface area contributed by atoms with Crippen LogP contribution in [0.25, 0.3) is 0 Å². The van der Waals surface area contributed by atoms with Crippen LogP contribution in [0.4, 0.5) is 0 Å². The van der Waals surface area contributed by atoms with Gasteiger partial charge >= 0.3 is 0 Å². The van der Waals surface area contributed by atoms with E-state index in [0.29, 0.717) is 19.1 Å². The van der Waals surface area contributed by atoms with Gasteiger partial charge in [0.05, 0.1) is 6.10 Å². The number of carbonyl (C=O) groups is 1. The molecule has 1 heterocycles. The quantitative estimate of drug-likeness (QED) is 0.762. The van der Waals surface area contributed by atoms with Gasteiger partial charge in [-0.15, -0.1) is 0 Å². The van der Waals surface area contributed by atoms with E-state index in [2.05, 4.69) is 19.2 Å². The highest BCUT2D eigenvalue weighted by Crippen LogP contribution is 2.20. The van der Waals surface area contributed by atoms with Crippen molar-refractivity contribution in [1.29, 1.82) is 0 Å². The summed E-state index contributed by atoms with van der Waals surface area (Å²) in [5.74, 6) is 0.717. The van der Waals surface area contributed by atoms with Crippen LogP contribution in [0.2, 0.25) is 0 Å². The number of hydrogen-bond acceptors (Lipinski definition) is 3. The zero-order valence-electron chi connectivity index (χ0n) is 11.1. The van der Waals surface area contributed by atoms with Crippen LogP contribution in [0.1, 0.15) is 33.6 Å². The molecule has 2 N–H and O–H groups in total. The molecule has 0 aliphatic carbocycles. The van der Waals surface area contributed by atoms with Crippen molar-refractivity contribution >= 4 is 5.91 Å². The molecule has 1 fully saturated rings. The summed E-state index contributed by atoms with van der Waals surface area (Å²) in [7, 11) is 0. The smallest absolute Gasteiger partial charge is 0.223 e. The highest BCUT2D eigenvalue weighted by atomic mass is 16.5. The monoisotopic (exact) mass is 243 g/mol. The molecular weight excluding hydrogens is 218 g/mol.